The van der Waals surface area contributed by atoms with E-state index in [1.54, 1.807) is 39.3 Å². The molecule has 0 aliphatic carbocycles. The minimum Gasteiger partial charge on any atom is -0.481 e. The first kappa shape index (κ1) is 20.5. The Bertz CT molecular complexity index is 583. The molecular formula is C16H22Cl2N2O4. The molecule has 2 N–H and O–H groups in total. The SMILES string of the molecule is COCCC(NC(=O)N(C)CC(C)C(=O)O)c1ccc(Cl)c(Cl)c1. The number of carboxylic acid groups (broad SMARTS) is 1. The molecule has 0 fully saturated rings. The molecule has 0 spiro atoms. The lowest BCUT2D eigenvalue weighted by Gasteiger charge is -2.25. The topological polar surface area (TPSA) is 78.9 Å². The number of rotatable bonds is 8. The number of carboxylic acids is 1. The second-order valence-corrected chi connectivity index (χ2v) is 6.39. The van der Waals surface area contributed by atoms with E-state index >= 15 is 0 Å². The summed E-state index contributed by atoms with van der Waals surface area (Å²) in [5, 5.41) is 12.7. The van der Waals surface area contributed by atoms with Crippen LogP contribution in [0.2, 0.25) is 10.0 Å². The highest BCUT2D eigenvalue weighted by atomic mass is 35.5. The molecule has 1 rings (SSSR count). The minimum absolute atomic E-state index is 0.111. The number of hydrogen-bond donors (Lipinski definition) is 2. The van der Waals surface area contributed by atoms with Crippen LogP contribution in [0.3, 0.4) is 0 Å². The number of ether oxygens (including phenoxy) is 1. The molecule has 0 radical (unpaired) electrons. The largest absolute Gasteiger partial charge is 0.481 e. The Morgan fingerprint density at radius 3 is 2.54 bits per heavy atom. The molecule has 2 unspecified atom stereocenters. The van der Waals surface area contributed by atoms with Crippen LogP contribution in [-0.2, 0) is 9.53 Å². The highest BCUT2D eigenvalue weighted by Crippen LogP contribution is 2.27. The zero-order chi connectivity index (χ0) is 18.3. The number of aliphatic carboxylic acids is 1. The van der Waals surface area contributed by atoms with E-state index in [9.17, 15) is 9.59 Å². The molecule has 1 aromatic carbocycles. The number of nitrogens with one attached hydrogen (secondary N) is 1. The Labute approximate surface area is 151 Å². The van der Waals surface area contributed by atoms with Gasteiger partial charge in [0, 0.05) is 27.3 Å². The maximum atomic E-state index is 12.3. The first-order valence-corrected chi connectivity index (χ1v) is 8.20. The van der Waals surface area contributed by atoms with E-state index in [1.807, 2.05) is 0 Å². The summed E-state index contributed by atoms with van der Waals surface area (Å²) < 4.78 is 5.08. The van der Waals surface area contributed by atoms with Crippen LogP contribution in [0.25, 0.3) is 0 Å². The van der Waals surface area contributed by atoms with Crippen LogP contribution in [0.5, 0.6) is 0 Å². The second-order valence-electron chi connectivity index (χ2n) is 5.58. The molecule has 8 heteroatoms. The van der Waals surface area contributed by atoms with Crippen molar-refractivity contribution in [2.45, 2.75) is 19.4 Å². The van der Waals surface area contributed by atoms with Gasteiger partial charge in [0.1, 0.15) is 0 Å². The molecule has 0 saturated carbocycles. The van der Waals surface area contributed by atoms with Crippen molar-refractivity contribution >= 4 is 35.2 Å². The molecule has 24 heavy (non-hydrogen) atoms. The lowest BCUT2D eigenvalue weighted by atomic mass is 10.0. The van der Waals surface area contributed by atoms with Crippen LogP contribution < -0.4 is 5.32 Å². The lowest BCUT2D eigenvalue weighted by molar-refractivity contribution is -0.141. The normalized spacial score (nSPS) is 13.2. The van der Waals surface area contributed by atoms with E-state index in [0.29, 0.717) is 23.1 Å². The molecule has 0 aliphatic rings. The van der Waals surface area contributed by atoms with Crippen LogP contribution in [0.4, 0.5) is 4.79 Å². The van der Waals surface area contributed by atoms with Gasteiger partial charge in [0.15, 0.2) is 0 Å². The summed E-state index contributed by atoms with van der Waals surface area (Å²) in [5.74, 6) is -1.60. The summed E-state index contributed by atoms with van der Waals surface area (Å²) in [6, 6.07) is 4.46. The molecule has 0 bridgehead atoms. The van der Waals surface area contributed by atoms with Crippen LogP contribution in [0, 0.1) is 5.92 Å². The van der Waals surface area contributed by atoms with E-state index in [2.05, 4.69) is 5.32 Å². The number of carbonyl (C=O) groups excluding carboxylic acids is 1. The van der Waals surface area contributed by atoms with Gasteiger partial charge in [0.2, 0.25) is 0 Å². The standard InChI is InChI=1S/C16H22Cl2N2O4/c1-10(15(21)22)9-20(2)16(23)19-14(6-7-24-3)11-4-5-12(17)13(18)8-11/h4-5,8,10,14H,6-7,9H2,1-3H3,(H,19,23)(H,21,22). The average molecular weight is 377 g/mol. The van der Waals surface area contributed by atoms with Gasteiger partial charge in [-0.1, -0.05) is 36.2 Å². The van der Waals surface area contributed by atoms with Crippen molar-refractivity contribution in [2.24, 2.45) is 5.92 Å². The summed E-state index contributed by atoms with van der Waals surface area (Å²) in [4.78, 5) is 24.6. The Morgan fingerprint density at radius 1 is 1.33 bits per heavy atom. The third kappa shape index (κ3) is 6.19. The van der Waals surface area contributed by atoms with Gasteiger partial charge in [0.05, 0.1) is 22.0 Å². The predicted molar refractivity (Wildman–Crippen MR) is 93.7 cm³/mol. The van der Waals surface area contributed by atoms with Gasteiger partial charge in [-0.05, 0) is 24.1 Å². The lowest BCUT2D eigenvalue weighted by Crippen LogP contribution is -2.42. The van der Waals surface area contributed by atoms with Crippen LogP contribution >= 0.6 is 23.2 Å². The summed E-state index contributed by atoms with van der Waals surface area (Å²) in [6.45, 7) is 2.10. The number of urea groups is 1. The number of hydrogen-bond acceptors (Lipinski definition) is 3. The number of halogens is 2. The first-order chi connectivity index (χ1) is 11.3. The molecule has 1 aromatic rings. The van der Waals surface area contributed by atoms with Crippen molar-refractivity contribution in [1.82, 2.24) is 10.2 Å². The number of amides is 2. The zero-order valence-corrected chi connectivity index (χ0v) is 15.4. The summed E-state index contributed by atoms with van der Waals surface area (Å²) in [5.41, 5.74) is 0.800. The molecule has 6 nitrogen and oxygen atoms in total. The van der Waals surface area contributed by atoms with Crippen molar-refractivity contribution < 1.29 is 19.4 Å². The molecule has 0 aliphatic heterocycles. The summed E-state index contributed by atoms with van der Waals surface area (Å²) >= 11 is 12.0. The fourth-order valence-electron chi connectivity index (χ4n) is 2.12. The Kier molecular flexibility index (Phi) is 8.31. The monoisotopic (exact) mass is 376 g/mol. The number of methoxy groups -OCH3 is 1. The van der Waals surface area contributed by atoms with E-state index in [-0.39, 0.29) is 18.6 Å². The van der Waals surface area contributed by atoms with Crippen molar-refractivity contribution in [3.05, 3.63) is 33.8 Å². The van der Waals surface area contributed by atoms with E-state index in [4.69, 9.17) is 33.0 Å². The van der Waals surface area contributed by atoms with E-state index in [1.165, 1.54) is 4.90 Å². The van der Waals surface area contributed by atoms with Crippen LogP contribution in [0.1, 0.15) is 24.9 Å². The molecule has 2 atom stereocenters. The molecule has 2 amide bonds. The van der Waals surface area contributed by atoms with Crippen LogP contribution in [-0.4, -0.2) is 49.3 Å². The van der Waals surface area contributed by atoms with Gasteiger partial charge in [-0.3, -0.25) is 4.79 Å². The number of nitrogens with zero attached hydrogens (tertiary/aromatic N) is 1. The smallest absolute Gasteiger partial charge is 0.317 e. The van der Waals surface area contributed by atoms with Gasteiger partial charge in [-0.2, -0.15) is 0 Å². The van der Waals surface area contributed by atoms with Crippen LogP contribution in [0.15, 0.2) is 18.2 Å². The third-order valence-corrected chi connectivity index (χ3v) is 4.31. The quantitative estimate of drug-likeness (QED) is 0.728. The van der Waals surface area contributed by atoms with Crippen molar-refractivity contribution in [3.8, 4) is 0 Å². The van der Waals surface area contributed by atoms with Crippen molar-refractivity contribution in [1.29, 1.82) is 0 Å². The summed E-state index contributed by atoms with van der Waals surface area (Å²) in [7, 11) is 3.13. The van der Waals surface area contributed by atoms with Gasteiger partial charge in [-0.15, -0.1) is 0 Å². The van der Waals surface area contributed by atoms with E-state index in [0.717, 1.165) is 5.56 Å². The van der Waals surface area contributed by atoms with Gasteiger partial charge in [-0.25, -0.2) is 4.79 Å². The molecular weight excluding hydrogens is 355 g/mol. The molecule has 134 valence electrons. The van der Waals surface area contributed by atoms with Gasteiger partial charge in [0.25, 0.3) is 0 Å². The highest BCUT2D eigenvalue weighted by molar-refractivity contribution is 6.42. The molecule has 0 heterocycles. The summed E-state index contributed by atoms with van der Waals surface area (Å²) in [6.07, 6.45) is 0.544. The van der Waals surface area contributed by atoms with Gasteiger partial charge < -0.3 is 20.1 Å². The number of carbonyl (C=O) groups is 2. The first-order valence-electron chi connectivity index (χ1n) is 7.44. The Morgan fingerprint density at radius 2 is 2.00 bits per heavy atom. The maximum absolute atomic E-state index is 12.3. The predicted octanol–water partition coefficient (Wildman–Crippen LogP) is 3.43. The van der Waals surface area contributed by atoms with Crippen molar-refractivity contribution in [3.63, 3.8) is 0 Å². The van der Waals surface area contributed by atoms with E-state index < -0.39 is 11.9 Å². The van der Waals surface area contributed by atoms with Crippen molar-refractivity contribution in [2.75, 3.05) is 27.3 Å². The average Bonchev–Trinajstić information content (AvgIpc) is 2.53. The molecule has 0 saturated heterocycles. The highest BCUT2D eigenvalue weighted by Gasteiger charge is 2.21. The Balaban J connectivity index is 2.83. The maximum Gasteiger partial charge on any atom is 0.317 e. The Hall–Kier alpha value is -1.50. The zero-order valence-electron chi connectivity index (χ0n) is 13.9. The second kappa shape index (κ2) is 9.71. The van der Waals surface area contributed by atoms with Gasteiger partial charge >= 0.3 is 12.0 Å². The number of benzene rings is 1. The molecule has 0 aromatic heterocycles. The fourth-order valence-corrected chi connectivity index (χ4v) is 2.42. The minimum atomic E-state index is -0.949. The fraction of sp³-hybridized carbons (Fsp3) is 0.500. The third-order valence-electron chi connectivity index (χ3n) is 3.57.